The number of aryl methyl sites for hydroxylation is 1. The molecule has 0 saturated carbocycles. The first-order valence-electron chi connectivity index (χ1n) is 6.82. The normalized spacial score (nSPS) is 18.6. The van der Waals surface area contributed by atoms with Gasteiger partial charge in [-0.05, 0) is 47.7 Å². The Balaban J connectivity index is 2.00. The average Bonchev–Trinajstić information content (AvgIpc) is 2.35. The molecule has 1 aliphatic heterocycles. The molecule has 2 aromatic carbocycles. The van der Waals surface area contributed by atoms with Crippen LogP contribution in [0, 0.1) is 6.92 Å². The van der Waals surface area contributed by atoms with Crippen LogP contribution in [0.1, 0.15) is 16.7 Å². The molecule has 96 valence electrons. The zero-order valence-corrected chi connectivity index (χ0v) is 11.0. The summed E-state index contributed by atoms with van der Waals surface area (Å²) >= 11 is 0. The summed E-state index contributed by atoms with van der Waals surface area (Å²) in [7, 11) is 0. The molecule has 0 unspecified atom stereocenters. The SMILES string of the molecule is Cc1ccc2c(c1)CC1(CNC1)c1cc(O)ccc1-2. The molecule has 1 aliphatic carbocycles. The molecule has 2 aromatic rings. The van der Waals surface area contributed by atoms with E-state index in [4.69, 9.17) is 0 Å². The van der Waals surface area contributed by atoms with Gasteiger partial charge in [-0.1, -0.05) is 29.8 Å². The zero-order valence-electron chi connectivity index (χ0n) is 11.0. The maximum atomic E-state index is 9.81. The van der Waals surface area contributed by atoms with Crippen molar-refractivity contribution in [2.24, 2.45) is 0 Å². The minimum Gasteiger partial charge on any atom is -0.508 e. The molecule has 0 bridgehead atoms. The highest BCUT2D eigenvalue weighted by Crippen LogP contribution is 2.46. The van der Waals surface area contributed by atoms with Crippen molar-refractivity contribution in [3.63, 3.8) is 0 Å². The first-order valence-corrected chi connectivity index (χ1v) is 6.82. The largest absolute Gasteiger partial charge is 0.508 e. The van der Waals surface area contributed by atoms with Crippen molar-refractivity contribution >= 4 is 0 Å². The van der Waals surface area contributed by atoms with Crippen molar-refractivity contribution in [3.05, 3.63) is 53.1 Å². The van der Waals surface area contributed by atoms with E-state index in [1.54, 1.807) is 6.07 Å². The third kappa shape index (κ3) is 1.47. The summed E-state index contributed by atoms with van der Waals surface area (Å²) in [6, 6.07) is 12.5. The molecule has 0 atom stereocenters. The van der Waals surface area contributed by atoms with E-state index in [9.17, 15) is 5.11 Å². The predicted octanol–water partition coefficient (Wildman–Crippen LogP) is 2.76. The quantitative estimate of drug-likeness (QED) is 0.754. The number of fused-ring (bicyclic) bond motifs is 4. The average molecular weight is 251 g/mol. The maximum absolute atomic E-state index is 9.81. The van der Waals surface area contributed by atoms with Gasteiger partial charge >= 0.3 is 0 Å². The van der Waals surface area contributed by atoms with Gasteiger partial charge < -0.3 is 10.4 Å². The van der Waals surface area contributed by atoms with Crippen LogP contribution in [0.5, 0.6) is 5.75 Å². The minimum atomic E-state index is 0.189. The Morgan fingerprint density at radius 2 is 1.84 bits per heavy atom. The van der Waals surface area contributed by atoms with Gasteiger partial charge in [-0.3, -0.25) is 0 Å². The van der Waals surface area contributed by atoms with Crippen molar-refractivity contribution < 1.29 is 5.11 Å². The Bertz CT molecular complexity index is 671. The standard InChI is InChI=1S/C17H17NO/c1-11-2-4-14-12(6-11)8-17(9-18-10-17)16-7-13(19)3-5-15(14)16/h2-7,18-19H,8-10H2,1H3. The summed E-state index contributed by atoms with van der Waals surface area (Å²) < 4.78 is 0. The highest BCUT2D eigenvalue weighted by molar-refractivity contribution is 5.76. The number of aromatic hydroxyl groups is 1. The molecule has 0 aromatic heterocycles. The fourth-order valence-electron chi connectivity index (χ4n) is 3.54. The lowest BCUT2D eigenvalue weighted by Gasteiger charge is -2.47. The Kier molecular flexibility index (Phi) is 2.10. The number of nitrogens with one attached hydrogen (secondary N) is 1. The molecule has 1 heterocycles. The third-order valence-electron chi connectivity index (χ3n) is 4.58. The Hall–Kier alpha value is -1.80. The summed E-state index contributed by atoms with van der Waals surface area (Å²) in [4.78, 5) is 0. The van der Waals surface area contributed by atoms with Crippen LogP contribution in [0.15, 0.2) is 36.4 Å². The van der Waals surface area contributed by atoms with E-state index >= 15 is 0 Å². The van der Waals surface area contributed by atoms with Crippen molar-refractivity contribution in [3.8, 4) is 16.9 Å². The van der Waals surface area contributed by atoms with Crippen LogP contribution in [-0.2, 0) is 11.8 Å². The van der Waals surface area contributed by atoms with Crippen LogP contribution in [0.3, 0.4) is 0 Å². The molecular weight excluding hydrogens is 234 g/mol. The van der Waals surface area contributed by atoms with E-state index in [1.165, 1.54) is 27.8 Å². The van der Waals surface area contributed by atoms with Gasteiger partial charge in [0.2, 0.25) is 0 Å². The topological polar surface area (TPSA) is 32.3 Å². The number of hydrogen-bond acceptors (Lipinski definition) is 2. The summed E-state index contributed by atoms with van der Waals surface area (Å²) in [5.41, 5.74) is 6.89. The van der Waals surface area contributed by atoms with Crippen LogP contribution >= 0.6 is 0 Å². The fraction of sp³-hybridized carbons (Fsp3) is 0.294. The Labute approximate surface area is 113 Å². The molecular formula is C17H17NO. The number of benzene rings is 2. The maximum Gasteiger partial charge on any atom is 0.115 e. The molecule has 0 radical (unpaired) electrons. The first kappa shape index (κ1) is 11.1. The third-order valence-corrected chi connectivity index (χ3v) is 4.58. The summed E-state index contributed by atoms with van der Waals surface area (Å²) in [6.45, 7) is 4.17. The van der Waals surface area contributed by atoms with Gasteiger partial charge in [-0.25, -0.2) is 0 Å². The molecule has 2 heteroatoms. The van der Waals surface area contributed by atoms with Crippen molar-refractivity contribution in [2.75, 3.05) is 13.1 Å². The van der Waals surface area contributed by atoms with Crippen LogP contribution < -0.4 is 5.32 Å². The smallest absolute Gasteiger partial charge is 0.115 e. The van der Waals surface area contributed by atoms with Gasteiger partial charge in [-0.15, -0.1) is 0 Å². The Morgan fingerprint density at radius 3 is 2.58 bits per heavy atom. The highest BCUT2D eigenvalue weighted by Gasteiger charge is 2.43. The number of hydrogen-bond donors (Lipinski definition) is 2. The molecule has 1 spiro atoms. The van der Waals surface area contributed by atoms with Gasteiger partial charge in [-0.2, -0.15) is 0 Å². The van der Waals surface area contributed by atoms with Crippen molar-refractivity contribution in [2.45, 2.75) is 18.8 Å². The van der Waals surface area contributed by atoms with Gasteiger partial charge in [0.1, 0.15) is 5.75 Å². The van der Waals surface area contributed by atoms with Crippen LogP contribution in [0.2, 0.25) is 0 Å². The first-order chi connectivity index (χ1) is 9.18. The zero-order chi connectivity index (χ0) is 13.0. The Morgan fingerprint density at radius 1 is 1.05 bits per heavy atom. The highest BCUT2D eigenvalue weighted by atomic mass is 16.3. The monoisotopic (exact) mass is 251 g/mol. The predicted molar refractivity (Wildman–Crippen MR) is 76.5 cm³/mol. The summed E-state index contributed by atoms with van der Waals surface area (Å²) in [5, 5.41) is 13.2. The van der Waals surface area contributed by atoms with Crippen LogP contribution in [0.4, 0.5) is 0 Å². The lowest BCUT2D eigenvalue weighted by molar-refractivity contribution is 0.272. The molecule has 1 fully saturated rings. The van der Waals surface area contributed by atoms with Gasteiger partial charge in [0.15, 0.2) is 0 Å². The van der Waals surface area contributed by atoms with Gasteiger partial charge in [0.05, 0.1) is 0 Å². The molecule has 19 heavy (non-hydrogen) atoms. The van der Waals surface area contributed by atoms with E-state index in [0.717, 1.165) is 19.5 Å². The summed E-state index contributed by atoms with van der Waals surface area (Å²) in [6.07, 6.45) is 1.08. The van der Waals surface area contributed by atoms with Crippen LogP contribution in [0.25, 0.3) is 11.1 Å². The molecule has 4 rings (SSSR count). The van der Waals surface area contributed by atoms with Crippen LogP contribution in [-0.4, -0.2) is 18.2 Å². The number of rotatable bonds is 0. The number of phenols is 1. The van der Waals surface area contributed by atoms with Gasteiger partial charge in [0.25, 0.3) is 0 Å². The molecule has 2 N–H and O–H groups in total. The summed E-state index contributed by atoms with van der Waals surface area (Å²) in [5.74, 6) is 0.376. The van der Waals surface area contributed by atoms with E-state index in [0.29, 0.717) is 5.75 Å². The van der Waals surface area contributed by atoms with E-state index in [2.05, 4.69) is 36.5 Å². The molecule has 2 nitrogen and oxygen atoms in total. The second-order valence-electron chi connectivity index (χ2n) is 5.95. The fourth-order valence-corrected chi connectivity index (χ4v) is 3.54. The van der Waals surface area contributed by atoms with Gasteiger partial charge in [0, 0.05) is 18.5 Å². The van der Waals surface area contributed by atoms with Crippen molar-refractivity contribution in [1.29, 1.82) is 0 Å². The van der Waals surface area contributed by atoms with E-state index in [-0.39, 0.29) is 5.41 Å². The van der Waals surface area contributed by atoms with Crippen molar-refractivity contribution in [1.82, 2.24) is 5.32 Å². The molecule has 0 amide bonds. The lowest BCUT2D eigenvalue weighted by Crippen LogP contribution is -2.59. The lowest BCUT2D eigenvalue weighted by atomic mass is 9.64. The second-order valence-corrected chi connectivity index (χ2v) is 5.95. The minimum absolute atomic E-state index is 0.189. The van der Waals surface area contributed by atoms with E-state index < -0.39 is 0 Å². The second kappa shape index (κ2) is 3.61. The molecule has 1 saturated heterocycles. The number of phenolic OH excluding ortho intramolecular Hbond substituents is 1. The van der Waals surface area contributed by atoms with E-state index in [1.807, 2.05) is 6.07 Å². The molecule has 2 aliphatic rings.